The predicted molar refractivity (Wildman–Crippen MR) is 73.2 cm³/mol. The van der Waals surface area contributed by atoms with Gasteiger partial charge < -0.3 is 9.64 Å². The van der Waals surface area contributed by atoms with Crippen molar-refractivity contribution in [3.05, 3.63) is 0 Å². The Morgan fingerprint density at radius 3 is 2.79 bits per heavy atom. The summed E-state index contributed by atoms with van der Waals surface area (Å²) in [4.78, 5) is 13.9. The molecule has 1 rings (SSSR count). The van der Waals surface area contributed by atoms with Gasteiger partial charge in [-0.25, -0.2) is 13.1 Å². The van der Waals surface area contributed by atoms with E-state index in [2.05, 4.69) is 4.72 Å². The van der Waals surface area contributed by atoms with E-state index >= 15 is 0 Å². The number of carbonyl (C=O) groups is 1. The molecule has 7 heteroatoms. The van der Waals surface area contributed by atoms with Gasteiger partial charge in [0.15, 0.2) is 0 Å². The van der Waals surface area contributed by atoms with Gasteiger partial charge in [-0.05, 0) is 32.6 Å². The average molecular weight is 292 g/mol. The zero-order chi connectivity index (χ0) is 14.5. The van der Waals surface area contributed by atoms with Gasteiger partial charge in [-0.15, -0.1) is 0 Å². The van der Waals surface area contributed by atoms with E-state index in [-0.39, 0.29) is 11.8 Å². The molecule has 0 aromatic rings. The average Bonchev–Trinajstić information content (AvgIpc) is 2.35. The maximum absolute atomic E-state index is 12.1. The summed E-state index contributed by atoms with van der Waals surface area (Å²) in [5, 5.41) is 0. The van der Waals surface area contributed by atoms with Crippen LogP contribution in [0.2, 0.25) is 0 Å². The summed E-state index contributed by atoms with van der Waals surface area (Å²) in [5.74, 6) is 0.173. The van der Waals surface area contributed by atoms with Crippen LogP contribution in [0.4, 0.5) is 0 Å². The minimum atomic E-state index is -3.16. The van der Waals surface area contributed by atoms with E-state index in [0.717, 1.165) is 25.6 Å². The number of amides is 1. The molecule has 1 N–H and O–H groups in total. The van der Waals surface area contributed by atoms with Crippen molar-refractivity contribution in [2.45, 2.75) is 32.8 Å². The predicted octanol–water partition coefficient (Wildman–Crippen LogP) is 0.199. The number of nitrogens with zero attached hydrogens (tertiary/aromatic N) is 1. The number of sulfonamides is 1. The summed E-state index contributed by atoms with van der Waals surface area (Å²) >= 11 is 0. The van der Waals surface area contributed by atoms with Crippen LogP contribution in [-0.2, 0) is 19.6 Å². The van der Waals surface area contributed by atoms with Crippen LogP contribution in [0, 0.1) is 5.92 Å². The second-order valence-corrected chi connectivity index (χ2v) is 6.84. The molecule has 1 saturated heterocycles. The maximum atomic E-state index is 12.1. The first-order valence-electron chi connectivity index (χ1n) is 6.68. The Hall–Kier alpha value is -0.660. The maximum Gasteiger partial charge on any atom is 0.251 e. The number of nitrogens with one attached hydrogen (secondary N) is 1. The fourth-order valence-electron chi connectivity index (χ4n) is 2.28. The van der Waals surface area contributed by atoms with E-state index in [1.54, 1.807) is 11.8 Å². The third-order valence-electron chi connectivity index (χ3n) is 3.23. The molecule has 2 atom stereocenters. The summed E-state index contributed by atoms with van der Waals surface area (Å²) in [6.45, 7) is 5.85. The van der Waals surface area contributed by atoms with Gasteiger partial charge >= 0.3 is 0 Å². The number of hydrogen-bond donors (Lipinski definition) is 1. The number of likely N-dealkylation sites (tertiary alicyclic amines) is 1. The molecule has 0 unspecified atom stereocenters. The first-order valence-corrected chi connectivity index (χ1v) is 8.57. The molecule has 1 heterocycles. The molecule has 0 bridgehead atoms. The van der Waals surface area contributed by atoms with Crippen molar-refractivity contribution in [2.24, 2.45) is 5.92 Å². The lowest BCUT2D eigenvalue weighted by molar-refractivity contribution is -0.144. The lowest BCUT2D eigenvalue weighted by Crippen LogP contribution is -2.47. The number of ether oxygens (including phenoxy) is 1. The first-order chi connectivity index (χ1) is 8.83. The van der Waals surface area contributed by atoms with Crippen LogP contribution in [0.5, 0.6) is 0 Å². The van der Waals surface area contributed by atoms with Gasteiger partial charge in [0.2, 0.25) is 10.0 Å². The van der Waals surface area contributed by atoms with Crippen molar-refractivity contribution < 1.29 is 17.9 Å². The van der Waals surface area contributed by atoms with Crippen molar-refractivity contribution >= 4 is 15.9 Å². The Labute approximate surface area is 115 Å². The molecule has 112 valence electrons. The Morgan fingerprint density at radius 1 is 1.53 bits per heavy atom. The fourth-order valence-corrected chi connectivity index (χ4v) is 2.82. The van der Waals surface area contributed by atoms with Crippen molar-refractivity contribution in [2.75, 3.05) is 32.5 Å². The van der Waals surface area contributed by atoms with E-state index in [9.17, 15) is 13.2 Å². The molecule has 0 saturated carbocycles. The van der Waals surface area contributed by atoms with Gasteiger partial charge in [0, 0.05) is 26.2 Å². The van der Waals surface area contributed by atoms with Crippen molar-refractivity contribution in [3.63, 3.8) is 0 Å². The Balaban J connectivity index is 2.47. The second-order valence-electron chi connectivity index (χ2n) is 5.01. The number of carbonyl (C=O) groups excluding carboxylic acids is 1. The van der Waals surface area contributed by atoms with Gasteiger partial charge in [0.25, 0.3) is 5.91 Å². The minimum absolute atomic E-state index is 0.00842. The molecular formula is C12H24N2O4S. The molecule has 0 radical (unpaired) electrons. The molecule has 1 aliphatic rings. The molecule has 0 aliphatic carbocycles. The molecule has 0 aromatic carbocycles. The number of piperidine rings is 1. The van der Waals surface area contributed by atoms with Crippen LogP contribution in [0.25, 0.3) is 0 Å². The van der Waals surface area contributed by atoms with Crippen molar-refractivity contribution in [3.8, 4) is 0 Å². The quantitative estimate of drug-likeness (QED) is 0.759. The number of hydrogen-bond acceptors (Lipinski definition) is 4. The van der Waals surface area contributed by atoms with E-state index in [1.165, 1.54) is 0 Å². The minimum Gasteiger partial charge on any atom is -0.369 e. The smallest absolute Gasteiger partial charge is 0.251 e. The Bertz CT molecular complexity index is 397. The van der Waals surface area contributed by atoms with Gasteiger partial charge in [-0.1, -0.05) is 0 Å². The molecule has 1 amide bonds. The second kappa shape index (κ2) is 7.21. The zero-order valence-electron chi connectivity index (χ0n) is 11.9. The summed E-state index contributed by atoms with van der Waals surface area (Å²) in [6, 6.07) is 0. The van der Waals surface area contributed by atoms with E-state index in [4.69, 9.17) is 4.74 Å². The largest absolute Gasteiger partial charge is 0.369 e. The SMILES string of the molecule is CCO[C@H](C)C(=O)N1CCC[C@@H](CNS(C)(=O)=O)C1. The summed E-state index contributed by atoms with van der Waals surface area (Å²) in [5.41, 5.74) is 0. The summed E-state index contributed by atoms with van der Waals surface area (Å²) in [7, 11) is -3.16. The highest BCUT2D eigenvalue weighted by Crippen LogP contribution is 2.17. The molecule has 1 aliphatic heterocycles. The summed E-state index contributed by atoms with van der Waals surface area (Å²) in [6.07, 6.45) is 2.57. The first kappa shape index (κ1) is 16.4. The Kier molecular flexibility index (Phi) is 6.22. The monoisotopic (exact) mass is 292 g/mol. The van der Waals surface area contributed by atoms with Crippen molar-refractivity contribution in [1.29, 1.82) is 0 Å². The van der Waals surface area contributed by atoms with Gasteiger partial charge in [-0.2, -0.15) is 0 Å². The molecule has 1 fully saturated rings. The summed E-state index contributed by atoms with van der Waals surface area (Å²) < 4.78 is 30.0. The van der Waals surface area contributed by atoms with E-state index < -0.39 is 16.1 Å². The topological polar surface area (TPSA) is 75.7 Å². The van der Waals surface area contributed by atoms with Crippen LogP contribution < -0.4 is 4.72 Å². The van der Waals surface area contributed by atoms with Gasteiger partial charge in [0.1, 0.15) is 6.10 Å². The van der Waals surface area contributed by atoms with Crippen LogP contribution in [0.3, 0.4) is 0 Å². The zero-order valence-corrected chi connectivity index (χ0v) is 12.7. The molecular weight excluding hydrogens is 268 g/mol. The highest BCUT2D eigenvalue weighted by Gasteiger charge is 2.27. The normalized spacial score (nSPS) is 22.3. The number of rotatable bonds is 6. The standard InChI is InChI=1S/C12H24N2O4S/c1-4-18-10(2)12(15)14-7-5-6-11(9-14)8-13-19(3,16)17/h10-11,13H,4-9H2,1-3H3/t10-,11+/m1/s1. The highest BCUT2D eigenvalue weighted by molar-refractivity contribution is 7.88. The highest BCUT2D eigenvalue weighted by atomic mass is 32.2. The van der Waals surface area contributed by atoms with Crippen LogP contribution in [-0.4, -0.2) is 57.8 Å². The van der Waals surface area contributed by atoms with Gasteiger partial charge in [-0.3, -0.25) is 4.79 Å². The lowest BCUT2D eigenvalue weighted by atomic mass is 9.98. The molecule has 0 aromatic heterocycles. The van der Waals surface area contributed by atoms with Gasteiger partial charge in [0.05, 0.1) is 6.26 Å². The third kappa shape index (κ3) is 5.88. The molecule has 6 nitrogen and oxygen atoms in total. The van der Waals surface area contributed by atoms with Crippen LogP contribution in [0.1, 0.15) is 26.7 Å². The fraction of sp³-hybridized carbons (Fsp3) is 0.917. The van der Waals surface area contributed by atoms with Crippen LogP contribution >= 0.6 is 0 Å². The molecule has 19 heavy (non-hydrogen) atoms. The Morgan fingerprint density at radius 2 is 2.21 bits per heavy atom. The van der Waals surface area contributed by atoms with E-state index in [0.29, 0.717) is 19.7 Å². The molecule has 0 spiro atoms. The van der Waals surface area contributed by atoms with E-state index in [1.807, 2.05) is 6.92 Å². The van der Waals surface area contributed by atoms with Crippen LogP contribution in [0.15, 0.2) is 0 Å². The third-order valence-corrected chi connectivity index (χ3v) is 3.92. The lowest BCUT2D eigenvalue weighted by Gasteiger charge is -2.34. The van der Waals surface area contributed by atoms with Crippen molar-refractivity contribution in [1.82, 2.24) is 9.62 Å².